The number of carboxylic acids is 1. The zero-order chi connectivity index (χ0) is 15.6. The highest BCUT2D eigenvalue weighted by atomic mass is 16.4. The molecule has 1 aromatic rings. The number of primary amides is 1. The number of likely N-dealkylation sites (N-methyl/N-ethyl adjacent to an activating group) is 1. The molecule has 0 bridgehead atoms. The first-order valence-electron chi connectivity index (χ1n) is 6.49. The lowest BCUT2D eigenvalue weighted by Gasteiger charge is -2.36. The summed E-state index contributed by atoms with van der Waals surface area (Å²) in [6, 6.07) is 5.95. The molecule has 3 amide bonds. The van der Waals surface area contributed by atoms with Crippen LogP contribution in [-0.4, -0.2) is 52.4 Å². The lowest BCUT2D eigenvalue weighted by Crippen LogP contribution is -2.53. The largest absolute Gasteiger partial charge is 0.480 e. The molecule has 0 fully saturated rings. The third-order valence-corrected chi connectivity index (χ3v) is 3.50. The molecule has 0 saturated heterocycles. The average molecular weight is 291 g/mol. The second kappa shape index (κ2) is 5.82. The first-order valence-corrected chi connectivity index (χ1v) is 6.49. The van der Waals surface area contributed by atoms with Crippen LogP contribution < -0.4 is 5.73 Å². The highest BCUT2D eigenvalue weighted by molar-refractivity contribution is 5.86. The van der Waals surface area contributed by atoms with Crippen LogP contribution in [0.4, 0.5) is 4.79 Å². The minimum atomic E-state index is -1.06. The van der Waals surface area contributed by atoms with Gasteiger partial charge in [-0.2, -0.15) is 0 Å². The summed E-state index contributed by atoms with van der Waals surface area (Å²) in [5, 5.41) is 9.34. The molecule has 0 radical (unpaired) electrons. The Balaban J connectivity index is 2.26. The number of nitrogens with two attached hydrogens (primary N) is 1. The van der Waals surface area contributed by atoms with Gasteiger partial charge >= 0.3 is 12.0 Å². The number of amides is 3. The fourth-order valence-electron chi connectivity index (χ4n) is 2.47. The summed E-state index contributed by atoms with van der Waals surface area (Å²) >= 11 is 0. The molecular weight excluding hydrogens is 274 g/mol. The van der Waals surface area contributed by atoms with Gasteiger partial charge in [-0.05, 0) is 11.1 Å². The molecule has 1 atom stereocenters. The fourth-order valence-corrected chi connectivity index (χ4v) is 2.47. The molecule has 0 aliphatic carbocycles. The molecule has 3 N–H and O–H groups in total. The number of carbonyl (C=O) groups is 3. The number of nitrogens with zero attached hydrogens (tertiary/aromatic N) is 2. The smallest absolute Gasteiger partial charge is 0.326 e. The van der Waals surface area contributed by atoms with Crippen molar-refractivity contribution in [3.05, 3.63) is 35.4 Å². The number of benzene rings is 1. The van der Waals surface area contributed by atoms with E-state index >= 15 is 0 Å². The van der Waals surface area contributed by atoms with Crippen molar-refractivity contribution in [2.75, 3.05) is 13.6 Å². The second-order valence-electron chi connectivity index (χ2n) is 5.06. The standard InChI is InChI=1S/C14H17N3O4/c1-16(8-12(15)18)14(21)17-7-10-5-3-2-4-9(10)6-11(17)13(19)20/h2-5,11H,6-8H2,1H3,(H2,15,18)(H,19,20)/t11-/m1/s1. The molecule has 0 aromatic heterocycles. The van der Waals surface area contributed by atoms with Crippen LogP contribution in [0.1, 0.15) is 11.1 Å². The summed E-state index contributed by atoms with van der Waals surface area (Å²) in [6.07, 6.45) is 0.252. The number of carboxylic acid groups (broad SMARTS) is 1. The van der Waals surface area contributed by atoms with E-state index in [1.807, 2.05) is 24.3 Å². The van der Waals surface area contributed by atoms with Crippen LogP contribution in [0, 0.1) is 0 Å². The Kier molecular flexibility index (Phi) is 4.11. The summed E-state index contributed by atoms with van der Waals surface area (Å²) in [5.41, 5.74) is 6.90. The van der Waals surface area contributed by atoms with E-state index in [9.17, 15) is 19.5 Å². The van der Waals surface area contributed by atoms with E-state index in [1.165, 1.54) is 11.9 Å². The van der Waals surface area contributed by atoms with Gasteiger partial charge in [0, 0.05) is 20.0 Å². The number of urea groups is 1. The molecule has 0 saturated carbocycles. The third kappa shape index (κ3) is 3.13. The van der Waals surface area contributed by atoms with E-state index in [-0.39, 0.29) is 19.5 Å². The summed E-state index contributed by atoms with van der Waals surface area (Å²) in [5.74, 6) is -1.71. The van der Waals surface area contributed by atoms with Crippen LogP contribution >= 0.6 is 0 Å². The number of carbonyl (C=O) groups excluding carboxylic acids is 2. The Morgan fingerprint density at radius 1 is 1.33 bits per heavy atom. The van der Waals surface area contributed by atoms with Gasteiger partial charge in [-0.25, -0.2) is 9.59 Å². The molecule has 1 heterocycles. The summed E-state index contributed by atoms with van der Waals surface area (Å²) in [6.45, 7) is -0.0433. The van der Waals surface area contributed by atoms with Gasteiger partial charge in [0.05, 0.1) is 0 Å². The van der Waals surface area contributed by atoms with Crippen LogP contribution in [-0.2, 0) is 22.6 Å². The SMILES string of the molecule is CN(CC(N)=O)C(=O)N1Cc2ccccc2C[C@@H]1C(=O)O. The number of aliphatic carboxylic acids is 1. The Labute approximate surface area is 121 Å². The number of fused-ring (bicyclic) bond motifs is 1. The molecular formula is C14H17N3O4. The molecule has 21 heavy (non-hydrogen) atoms. The van der Waals surface area contributed by atoms with E-state index in [0.29, 0.717) is 0 Å². The Bertz CT molecular complexity index is 587. The van der Waals surface area contributed by atoms with E-state index in [2.05, 4.69) is 0 Å². The summed E-state index contributed by atoms with van der Waals surface area (Å²) in [4.78, 5) is 37.1. The van der Waals surface area contributed by atoms with Gasteiger partial charge in [0.1, 0.15) is 12.6 Å². The van der Waals surface area contributed by atoms with Gasteiger partial charge in [-0.1, -0.05) is 24.3 Å². The number of hydrogen-bond donors (Lipinski definition) is 2. The van der Waals surface area contributed by atoms with Crippen molar-refractivity contribution in [2.45, 2.75) is 19.0 Å². The number of hydrogen-bond acceptors (Lipinski definition) is 3. The molecule has 1 aliphatic heterocycles. The van der Waals surface area contributed by atoms with Gasteiger partial charge in [-0.15, -0.1) is 0 Å². The summed E-state index contributed by atoms with van der Waals surface area (Å²) in [7, 11) is 1.42. The molecule has 1 aromatic carbocycles. The predicted molar refractivity (Wildman–Crippen MR) is 74.3 cm³/mol. The van der Waals surface area contributed by atoms with Crippen molar-refractivity contribution >= 4 is 17.9 Å². The Hall–Kier alpha value is -2.57. The third-order valence-electron chi connectivity index (χ3n) is 3.50. The van der Waals surface area contributed by atoms with Gasteiger partial charge < -0.3 is 20.6 Å². The molecule has 2 rings (SSSR count). The lowest BCUT2D eigenvalue weighted by atomic mass is 9.94. The Morgan fingerprint density at radius 2 is 1.95 bits per heavy atom. The maximum atomic E-state index is 12.3. The minimum absolute atomic E-state index is 0.203. The van der Waals surface area contributed by atoms with Crippen molar-refractivity contribution in [3.8, 4) is 0 Å². The van der Waals surface area contributed by atoms with Gasteiger partial charge in [0.2, 0.25) is 5.91 Å². The van der Waals surface area contributed by atoms with E-state index in [0.717, 1.165) is 16.0 Å². The quantitative estimate of drug-likeness (QED) is 0.820. The van der Waals surface area contributed by atoms with Crippen LogP contribution in [0.25, 0.3) is 0 Å². The lowest BCUT2D eigenvalue weighted by molar-refractivity contribution is -0.142. The maximum Gasteiger partial charge on any atom is 0.326 e. The normalized spacial score (nSPS) is 17.0. The Morgan fingerprint density at radius 3 is 2.52 bits per heavy atom. The predicted octanol–water partition coefficient (Wildman–Crippen LogP) is 0.0350. The first kappa shape index (κ1) is 14.8. The van der Waals surface area contributed by atoms with Crippen LogP contribution in [0.2, 0.25) is 0 Å². The number of rotatable bonds is 3. The highest BCUT2D eigenvalue weighted by Crippen LogP contribution is 2.24. The second-order valence-corrected chi connectivity index (χ2v) is 5.06. The van der Waals surface area contributed by atoms with E-state index in [4.69, 9.17) is 5.73 Å². The molecule has 1 aliphatic rings. The van der Waals surface area contributed by atoms with Crippen molar-refractivity contribution in [1.29, 1.82) is 0 Å². The van der Waals surface area contributed by atoms with Crippen molar-refractivity contribution < 1.29 is 19.5 Å². The van der Waals surface area contributed by atoms with Crippen LogP contribution in [0.15, 0.2) is 24.3 Å². The fraction of sp³-hybridized carbons (Fsp3) is 0.357. The van der Waals surface area contributed by atoms with Gasteiger partial charge in [0.15, 0.2) is 0 Å². The van der Waals surface area contributed by atoms with E-state index in [1.54, 1.807) is 0 Å². The highest BCUT2D eigenvalue weighted by Gasteiger charge is 2.35. The van der Waals surface area contributed by atoms with E-state index < -0.39 is 23.9 Å². The zero-order valence-corrected chi connectivity index (χ0v) is 11.7. The first-order chi connectivity index (χ1) is 9.90. The monoisotopic (exact) mass is 291 g/mol. The molecule has 0 spiro atoms. The van der Waals surface area contributed by atoms with Crippen LogP contribution in [0.5, 0.6) is 0 Å². The van der Waals surface area contributed by atoms with Gasteiger partial charge in [0.25, 0.3) is 0 Å². The molecule has 0 unspecified atom stereocenters. The molecule has 112 valence electrons. The zero-order valence-electron chi connectivity index (χ0n) is 11.7. The minimum Gasteiger partial charge on any atom is -0.480 e. The van der Waals surface area contributed by atoms with Crippen molar-refractivity contribution in [1.82, 2.24) is 9.80 Å². The van der Waals surface area contributed by atoms with Crippen molar-refractivity contribution in [3.63, 3.8) is 0 Å². The van der Waals surface area contributed by atoms with Crippen LogP contribution in [0.3, 0.4) is 0 Å². The summed E-state index contributed by atoms with van der Waals surface area (Å²) < 4.78 is 0. The average Bonchev–Trinajstić information content (AvgIpc) is 2.44. The van der Waals surface area contributed by atoms with Gasteiger partial charge in [-0.3, -0.25) is 4.79 Å². The molecule has 7 nitrogen and oxygen atoms in total. The van der Waals surface area contributed by atoms with Crippen molar-refractivity contribution in [2.24, 2.45) is 5.73 Å². The topological polar surface area (TPSA) is 104 Å². The maximum absolute atomic E-state index is 12.3. The molecule has 7 heteroatoms.